The molecule has 0 amide bonds. The Balaban J connectivity index is 1.49. The summed E-state index contributed by atoms with van der Waals surface area (Å²) in [7, 11) is 0. The number of nitrogens with zero attached hydrogens (tertiary/aromatic N) is 2. The fourth-order valence-electron chi connectivity index (χ4n) is 3.42. The zero-order valence-corrected chi connectivity index (χ0v) is 12.5. The molecule has 1 aromatic carbocycles. The van der Waals surface area contributed by atoms with Gasteiger partial charge in [0.1, 0.15) is 0 Å². The summed E-state index contributed by atoms with van der Waals surface area (Å²) in [5.74, 6) is 1.54. The minimum Gasteiger partial charge on any atom is -0.316 e. The number of rotatable bonds is 4. The smallest absolute Gasteiger partial charge is 0.0649 e. The van der Waals surface area contributed by atoms with Crippen molar-refractivity contribution in [2.45, 2.75) is 38.0 Å². The van der Waals surface area contributed by atoms with E-state index in [4.69, 9.17) is 0 Å². The molecule has 1 aliphatic carbocycles. The van der Waals surface area contributed by atoms with Crippen molar-refractivity contribution in [1.82, 2.24) is 15.1 Å². The number of benzene rings is 1. The van der Waals surface area contributed by atoms with Gasteiger partial charge in [0.05, 0.1) is 5.69 Å². The lowest BCUT2D eigenvalue weighted by Crippen LogP contribution is -2.30. The van der Waals surface area contributed by atoms with Crippen molar-refractivity contribution < 1.29 is 0 Å². The molecule has 1 unspecified atom stereocenters. The maximum atomic E-state index is 4.50. The van der Waals surface area contributed by atoms with Gasteiger partial charge in [-0.3, -0.25) is 0 Å². The molecule has 1 aromatic heterocycles. The van der Waals surface area contributed by atoms with E-state index in [9.17, 15) is 0 Å². The summed E-state index contributed by atoms with van der Waals surface area (Å²) in [5.41, 5.74) is 4.03. The Morgan fingerprint density at radius 3 is 2.67 bits per heavy atom. The number of aromatic nitrogens is 2. The van der Waals surface area contributed by atoms with Gasteiger partial charge < -0.3 is 5.32 Å². The quantitative estimate of drug-likeness (QED) is 0.932. The summed E-state index contributed by atoms with van der Waals surface area (Å²) in [6.07, 6.45) is 8.44. The lowest BCUT2D eigenvalue weighted by atomic mass is 9.92. The van der Waals surface area contributed by atoms with Crippen LogP contribution in [0.15, 0.2) is 36.5 Å². The molecule has 1 saturated carbocycles. The van der Waals surface area contributed by atoms with Gasteiger partial charge in [-0.1, -0.05) is 12.1 Å². The van der Waals surface area contributed by atoms with E-state index in [1.54, 1.807) is 0 Å². The molecule has 1 atom stereocenters. The standard InChI is InChI=1S/C18H23N3/c1-2-15(13-19-10-1)12-14-3-7-17(8-4-14)21-18(9-11-20-21)16-5-6-16/h3-4,7-9,11,15-16,19H,1-2,5-6,10,12-13H2. The third-order valence-corrected chi connectivity index (χ3v) is 4.77. The molecule has 1 N–H and O–H groups in total. The Bertz CT molecular complexity index is 589. The summed E-state index contributed by atoms with van der Waals surface area (Å²) in [4.78, 5) is 0. The topological polar surface area (TPSA) is 29.9 Å². The largest absolute Gasteiger partial charge is 0.316 e. The molecule has 2 aliphatic rings. The van der Waals surface area contributed by atoms with E-state index in [1.807, 2.05) is 6.20 Å². The van der Waals surface area contributed by atoms with Crippen LogP contribution in [0.4, 0.5) is 0 Å². The van der Waals surface area contributed by atoms with Crippen LogP contribution in [0.25, 0.3) is 5.69 Å². The summed E-state index contributed by atoms with van der Waals surface area (Å²) < 4.78 is 2.11. The molecule has 0 radical (unpaired) electrons. The molecule has 2 fully saturated rings. The van der Waals surface area contributed by atoms with Crippen LogP contribution in [0.2, 0.25) is 0 Å². The first-order valence-electron chi connectivity index (χ1n) is 8.24. The third-order valence-electron chi connectivity index (χ3n) is 4.77. The van der Waals surface area contributed by atoms with Gasteiger partial charge in [-0.2, -0.15) is 5.10 Å². The lowest BCUT2D eigenvalue weighted by molar-refractivity contribution is 0.376. The van der Waals surface area contributed by atoms with Crippen molar-refractivity contribution >= 4 is 0 Å². The average molecular weight is 281 g/mol. The molecule has 2 heterocycles. The van der Waals surface area contributed by atoms with Crippen molar-refractivity contribution in [2.24, 2.45) is 5.92 Å². The van der Waals surface area contributed by atoms with Gasteiger partial charge >= 0.3 is 0 Å². The van der Waals surface area contributed by atoms with Gasteiger partial charge in [-0.05, 0) is 74.9 Å². The predicted octanol–water partition coefficient (Wildman–Crippen LogP) is 3.29. The van der Waals surface area contributed by atoms with Crippen molar-refractivity contribution in [3.8, 4) is 5.69 Å². The SMILES string of the molecule is c1cc(C2CC2)n(-c2ccc(CC3CCCNC3)cc2)n1. The molecule has 21 heavy (non-hydrogen) atoms. The second-order valence-electron chi connectivity index (χ2n) is 6.53. The predicted molar refractivity (Wildman–Crippen MR) is 84.8 cm³/mol. The van der Waals surface area contributed by atoms with Crippen LogP contribution in [0.1, 0.15) is 42.9 Å². The van der Waals surface area contributed by atoms with Crippen LogP contribution in [0.5, 0.6) is 0 Å². The molecule has 3 nitrogen and oxygen atoms in total. The molecule has 4 rings (SSSR count). The van der Waals surface area contributed by atoms with Gasteiger partial charge in [0, 0.05) is 17.8 Å². The van der Waals surface area contributed by atoms with E-state index in [0.717, 1.165) is 11.8 Å². The second-order valence-corrected chi connectivity index (χ2v) is 6.53. The molecule has 0 spiro atoms. The van der Waals surface area contributed by atoms with Crippen molar-refractivity contribution in [3.05, 3.63) is 47.8 Å². The Labute approximate surface area is 126 Å². The van der Waals surface area contributed by atoms with E-state index in [-0.39, 0.29) is 0 Å². The van der Waals surface area contributed by atoms with Crippen LogP contribution in [0.3, 0.4) is 0 Å². The fraction of sp³-hybridized carbons (Fsp3) is 0.500. The molecule has 110 valence electrons. The lowest BCUT2D eigenvalue weighted by Gasteiger charge is -2.22. The summed E-state index contributed by atoms with van der Waals surface area (Å²) in [5, 5.41) is 8.00. The maximum absolute atomic E-state index is 4.50. The summed E-state index contributed by atoms with van der Waals surface area (Å²) in [6.45, 7) is 2.37. The highest BCUT2D eigenvalue weighted by atomic mass is 15.3. The molecular weight excluding hydrogens is 258 g/mol. The van der Waals surface area contributed by atoms with E-state index < -0.39 is 0 Å². The van der Waals surface area contributed by atoms with Crippen LogP contribution >= 0.6 is 0 Å². The normalized spacial score (nSPS) is 22.4. The van der Waals surface area contributed by atoms with Crippen molar-refractivity contribution in [3.63, 3.8) is 0 Å². The van der Waals surface area contributed by atoms with Crippen LogP contribution < -0.4 is 5.32 Å². The Hall–Kier alpha value is -1.61. The zero-order valence-electron chi connectivity index (χ0n) is 12.5. The van der Waals surface area contributed by atoms with Crippen molar-refractivity contribution in [2.75, 3.05) is 13.1 Å². The third kappa shape index (κ3) is 2.88. The first-order chi connectivity index (χ1) is 10.4. The number of nitrogens with one attached hydrogen (secondary N) is 1. The maximum Gasteiger partial charge on any atom is 0.0649 e. The fourth-order valence-corrected chi connectivity index (χ4v) is 3.42. The molecule has 0 bridgehead atoms. The van der Waals surface area contributed by atoms with Crippen LogP contribution in [-0.4, -0.2) is 22.9 Å². The van der Waals surface area contributed by atoms with E-state index in [2.05, 4.69) is 45.4 Å². The Kier molecular flexibility index (Phi) is 3.52. The molecule has 2 aromatic rings. The first kappa shape index (κ1) is 13.1. The van der Waals surface area contributed by atoms with Gasteiger partial charge in [0.15, 0.2) is 0 Å². The second kappa shape index (κ2) is 5.64. The minimum atomic E-state index is 0.737. The summed E-state index contributed by atoms with van der Waals surface area (Å²) >= 11 is 0. The molecule has 1 saturated heterocycles. The summed E-state index contributed by atoms with van der Waals surface area (Å²) in [6, 6.07) is 11.2. The van der Waals surface area contributed by atoms with Gasteiger partial charge in [-0.15, -0.1) is 0 Å². The minimum absolute atomic E-state index is 0.737. The van der Waals surface area contributed by atoms with Gasteiger partial charge in [0.2, 0.25) is 0 Å². The first-order valence-corrected chi connectivity index (χ1v) is 8.24. The molecule has 1 aliphatic heterocycles. The number of hydrogen-bond donors (Lipinski definition) is 1. The number of hydrogen-bond acceptors (Lipinski definition) is 2. The van der Waals surface area contributed by atoms with Crippen molar-refractivity contribution in [1.29, 1.82) is 0 Å². The highest BCUT2D eigenvalue weighted by Gasteiger charge is 2.27. The zero-order chi connectivity index (χ0) is 14.1. The van der Waals surface area contributed by atoms with E-state index in [0.29, 0.717) is 0 Å². The Morgan fingerprint density at radius 2 is 1.95 bits per heavy atom. The monoisotopic (exact) mass is 281 g/mol. The van der Waals surface area contributed by atoms with Crippen LogP contribution in [0, 0.1) is 5.92 Å². The van der Waals surface area contributed by atoms with Gasteiger partial charge in [0.25, 0.3) is 0 Å². The highest BCUT2D eigenvalue weighted by molar-refractivity contribution is 5.37. The van der Waals surface area contributed by atoms with E-state index in [1.165, 1.54) is 62.1 Å². The van der Waals surface area contributed by atoms with Gasteiger partial charge in [-0.25, -0.2) is 4.68 Å². The molecular formula is C18H23N3. The van der Waals surface area contributed by atoms with E-state index >= 15 is 0 Å². The average Bonchev–Trinajstić information content (AvgIpc) is 3.26. The molecule has 3 heteroatoms. The Morgan fingerprint density at radius 1 is 1.10 bits per heavy atom. The highest BCUT2D eigenvalue weighted by Crippen LogP contribution is 2.40. The number of piperidine rings is 1. The van der Waals surface area contributed by atoms with Crippen LogP contribution in [-0.2, 0) is 6.42 Å².